The molecule has 0 aliphatic carbocycles. The predicted octanol–water partition coefficient (Wildman–Crippen LogP) is 4.96. The average Bonchev–Trinajstić information content (AvgIpc) is 2.79. The molecule has 2 atom stereocenters. The number of halogens is 1. The fraction of sp³-hybridized carbons (Fsp3) is 0.259. The maximum absolute atomic E-state index is 13.2. The third-order valence-corrected chi connectivity index (χ3v) is 6.89. The largest absolute Gasteiger partial charge is 0.340 e. The third kappa shape index (κ3) is 7.63. The van der Waals surface area contributed by atoms with Crippen molar-refractivity contribution in [1.29, 1.82) is 0 Å². The zero-order valence-electron chi connectivity index (χ0n) is 19.5. The first-order valence-electron chi connectivity index (χ1n) is 11.0. The van der Waals surface area contributed by atoms with Crippen LogP contribution in [0.1, 0.15) is 36.7 Å². The molecule has 2 N–H and O–H groups in total. The maximum Gasteiger partial charge on any atom is 0.251 e. The van der Waals surface area contributed by atoms with E-state index in [1.807, 2.05) is 51.1 Å². The molecular weight excluding hydrogens is 451 g/mol. The van der Waals surface area contributed by atoms with E-state index in [0.29, 0.717) is 16.3 Å². The van der Waals surface area contributed by atoms with E-state index in [9.17, 15) is 18.2 Å². The van der Waals surface area contributed by atoms with Crippen molar-refractivity contribution < 1.29 is 18.2 Å². The summed E-state index contributed by atoms with van der Waals surface area (Å²) in [7, 11) is -1.14. The molecule has 3 aromatic carbocycles. The number of hydrogen-bond acceptors (Lipinski definition) is 3. The quantitative estimate of drug-likeness (QED) is 0.479. The summed E-state index contributed by atoms with van der Waals surface area (Å²) in [6.45, 7) is 6.10. The second kappa shape index (κ2) is 11.2. The van der Waals surface area contributed by atoms with Gasteiger partial charge in [0.05, 0.1) is 10.8 Å². The van der Waals surface area contributed by atoms with Crippen LogP contribution in [0.5, 0.6) is 0 Å². The van der Waals surface area contributed by atoms with Gasteiger partial charge in [-0.05, 0) is 59.5 Å². The molecule has 0 spiro atoms. The van der Waals surface area contributed by atoms with Gasteiger partial charge >= 0.3 is 0 Å². The van der Waals surface area contributed by atoms with E-state index in [1.165, 1.54) is 24.3 Å². The SMILES string of the molecule is CC(C)(C)CS(=O)c1ccc(NC(=O)[C@H](Cc2ccccc2)NC(=O)c2ccc(F)cc2)cc1. The summed E-state index contributed by atoms with van der Waals surface area (Å²) in [5.74, 6) is -0.762. The van der Waals surface area contributed by atoms with Crippen molar-refractivity contribution in [1.82, 2.24) is 5.32 Å². The highest BCUT2D eigenvalue weighted by molar-refractivity contribution is 7.85. The number of carbonyl (C=O) groups is 2. The van der Waals surface area contributed by atoms with Crippen LogP contribution in [0.2, 0.25) is 0 Å². The summed E-state index contributed by atoms with van der Waals surface area (Å²) in [6, 6.07) is 20.5. The van der Waals surface area contributed by atoms with Crippen LogP contribution in [0, 0.1) is 11.2 Å². The van der Waals surface area contributed by atoms with Crippen molar-refractivity contribution in [3.8, 4) is 0 Å². The molecule has 0 saturated heterocycles. The Labute approximate surface area is 202 Å². The minimum Gasteiger partial charge on any atom is -0.340 e. The Bertz CT molecular complexity index is 1140. The smallest absolute Gasteiger partial charge is 0.251 e. The molecule has 7 heteroatoms. The van der Waals surface area contributed by atoms with E-state index >= 15 is 0 Å². The fourth-order valence-electron chi connectivity index (χ4n) is 3.30. The highest BCUT2D eigenvalue weighted by Gasteiger charge is 2.23. The Kier molecular flexibility index (Phi) is 8.34. The lowest BCUT2D eigenvalue weighted by atomic mass is 10.0. The molecule has 0 aliphatic rings. The van der Waals surface area contributed by atoms with E-state index in [4.69, 9.17) is 0 Å². The third-order valence-electron chi connectivity index (χ3n) is 4.96. The van der Waals surface area contributed by atoms with Gasteiger partial charge in [-0.25, -0.2) is 4.39 Å². The number of benzene rings is 3. The Morgan fingerprint density at radius 1 is 0.912 bits per heavy atom. The minimum atomic E-state index is -1.14. The summed E-state index contributed by atoms with van der Waals surface area (Å²) in [5, 5.41) is 5.58. The summed E-state index contributed by atoms with van der Waals surface area (Å²) >= 11 is 0. The maximum atomic E-state index is 13.2. The Balaban J connectivity index is 1.73. The molecule has 2 amide bonds. The van der Waals surface area contributed by atoms with Gasteiger partial charge in [0, 0.05) is 28.3 Å². The van der Waals surface area contributed by atoms with E-state index in [0.717, 1.165) is 5.56 Å². The van der Waals surface area contributed by atoms with Gasteiger partial charge in [-0.15, -0.1) is 0 Å². The van der Waals surface area contributed by atoms with Crippen LogP contribution >= 0.6 is 0 Å². The number of rotatable bonds is 8. The van der Waals surface area contributed by atoms with Crippen LogP contribution in [-0.4, -0.2) is 27.8 Å². The van der Waals surface area contributed by atoms with E-state index in [1.54, 1.807) is 24.3 Å². The molecule has 178 valence electrons. The molecular formula is C27H29FN2O3S. The summed E-state index contributed by atoms with van der Waals surface area (Å²) in [4.78, 5) is 26.5. The number of amides is 2. The van der Waals surface area contributed by atoms with E-state index < -0.39 is 28.6 Å². The summed E-state index contributed by atoms with van der Waals surface area (Å²) < 4.78 is 25.7. The van der Waals surface area contributed by atoms with Crippen molar-refractivity contribution >= 4 is 28.3 Å². The number of nitrogens with one attached hydrogen (secondary N) is 2. The Morgan fingerprint density at radius 3 is 2.12 bits per heavy atom. The second-order valence-corrected chi connectivity index (χ2v) is 10.7. The lowest BCUT2D eigenvalue weighted by Crippen LogP contribution is -2.45. The lowest BCUT2D eigenvalue weighted by Gasteiger charge is -2.19. The molecule has 0 saturated carbocycles. The summed E-state index contributed by atoms with van der Waals surface area (Å²) in [6.07, 6.45) is 0.285. The number of hydrogen-bond donors (Lipinski definition) is 2. The van der Waals surface area contributed by atoms with Crippen LogP contribution < -0.4 is 10.6 Å². The first-order chi connectivity index (χ1) is 16.1. The summed E-state index contributed by atoms with van der Waals surface area (Å²) in [5.41, 5.74) is 1.62. The molecule has 34 heavy (non-hydrogen) atoms. The predicted molar refractivity (Wildman–Crippen MR) is 134 cm³/mol. The van der Waals surface area contributed by atoms with Crippen molar-refractivity contribution in [2.24, 2.45) is 5.41 Å². The van der Waals surface area contributed by atoms with Gasteiger partial charge < -0.3 is 10.6 Å². The van der Waals surface area contributed by atoms with Crippen LogP contribution in [0.15, 0.2) is 83.8 Å². The molecule has 5 nitrogen and oxygen atoms in total. The monoisotopic (exact) mass is 480 g/mol. The topological polar surface area (TPSA) is 75.3 Å². The molecule has 1 unspecified atom stereocenters. The molecule has 0 aliphatic heterocycles. The Morgan fingerprint density at radius 2 is 1.53 bits per heavy atom. The fourth-order valence-corrected chi connectivity index (χ4v) is 4.69. The lowest BCUT2D eigenvalue weighted by molar-refractivity contribution is -0.118. The van der Waals surface area contributed by atoms with E-state index in [2.05, 4.69) is 10.6 Å². The second-order valence-electron chi connectivity index (χ2n) is 9.29. The van der Waals surface area contributed by atoms with Gasteiger partial charge in [-0.1, -0.05) is 51.1 Å². The first kappa shape index (κ1) is 25.3. The zero-order valence-corrected chi connectivity index (χ0v) is 20.3. The van der Waals surface area contributed by atoms with Crippen LogP contribution in [0.3, 0.4) is 0 Å². The standard InChI is InChI=1S/C27H29FN2O3S/c1-27(2,3)18-34(33)23-15-13-22(14-16-23)29-26(32)24(17-19-7-5-4-6-8-19)30-25(31)20-9-11-21(28)12-10-20/h4-16,24H,17-18H2,1-3H3,(H,29,32)(H,30,31)/t24-,34?/m0/s1. The van der Waals surface area contributed by atoms with Gasteiger partial charge in [0.25, 0.3) is 5.91 Å². The molecule has 0 radical (unpaired) electrons. The molecule has 3 rings (SSSR count). The molecule has 3 aromatic rings. The molecule has 0 aromatic heterocycles. The normalized spacial score (nSPS) is 13.1. The van der Waals surface area contributed by atoms with Gasteiger partial charge in [-0.3, -0.25) is 13.8 Å². The van der Waals surface area contributed by atoms with Crippen molar-refractivity contribution in [2.75, 3.05) is 11.1 Å². The zero-order chi connectivity index (χ0) is 24.7. The van der Waals surface area contributed by atoms with Crippen molar-refractivity contribution in [3.05, 3.63) is 95.8 Å². The average molecular weight is 481 g/mol. The molecule has 0 bridgehead atoms. The van der Waals surface area contributed by atoms with Crippen LogP contribution in [-0.2, 0) is 22.0 Å². The van der Waals surface area contributed by atoms with Crippen LogP contribution in [0.25, 0.3) is 0 Å². The van der Waals surface area contributed by atoms with Gasteiger partial charge in [0.15, 0.2) is 0 Å². The highest BCUT2D eigenvalue weighted by atomic mass is 32.2. The van der Waals surface area contributed by atoms with Gasteiger partial charge in [0.2, 0.25) is 5.91 Å². The van der Waals surface area contributed by atoms with Crippen LogP contribution in [0.4, 0.5) is 10.1 Å². The van der Waals surface area contributed by atoms with E-state index in [-0.39, 0.29) is 23.3 Å². The first-order valence-corrected chi connectivity index (χ1v) is 12.3. The number of anilines is 1. The Hall–Kier alpha value is -3.32. The van der Waals surface area contributed by atoms with Gasteiger partial charge in [-0.2, -0.15) is 0 Å². The molecule has 0 fully saturated rings. The van der Waals surface area contributed by atoms with Crippen molar-refractivity contribution in [3.63, 3.8) is 0 Å². The minimum absolute atomic E-state index is 0.0643. The molecule has 0 heterocycles. The van der Waals surface area contributed by atoms with Crippen molar-refractivity contribution in [2.45, 2.75) is 38.1 Å². The van der Waals surface area contributed by atoms with Gasteiger partial charge in [0.1, 0.15) is 11.9 Å². The highest BCUT2D eigenvalue weighted by Crippen LogP contribution is 2.20. The number of carbonyl (C=O) groups excluding carboxylic acids is 2.